The number of amides is 4. The predicted octanol–water partition coefficient (Wildman–Crippen LogP) is 1.57. The standard InChI is InChI=1S/C29H38FN5O7/c1-16(2)12-21(26(37)34-24(29(40)41-4)15-19-6-5-11-31-25(19)36)32-27(38)22(14-18-7-9-20(30)10-8-18)33-28(39)23-13-17(3)42-35-23/h7-10,13,16,19,21-22,24H,5-6,11-12,14-15H2,1-4H3,(H,31,36)(H,32,38)(H,33,39)(H,34,37)/t19-,21-,22-,24-/m0/s1. The molecule has 3 rings (SSSR count). The molecular weight excluding hydrogens is 549 g/mol. The van der Waals surface area contributed by atoms with E-state index in [0.29, 0.717) is 24.3 Å². The van der Waals surface area contributed by atoms with Gasteiger partial charge in [-0.2, -0.15) is 0 Å². The van der Waals surface area contributed by atoms with Crippen molar-refractivity contribution in [3.05, 3.63) is 53.2 Å². The fourth-order valence-corrected chi connectivity index (χ4v) is 4.72. The van der Waals surface area contributed by atoms with Crippen molar-refractivity contribution in [2.75, 3.05) is 13.7 Å². The molecule has 4 amide bonds. The summed E-state index contributed by atoms with van der Waals surface area (Å²) in [5, 5.41) is 14.4. The molecule has 4 atom stereocenters. The average Bonchev–Trinajstić information content (AvgIpc) is 3.39. The van der Waals surface area contributed by atoms with Crippen LogP contribution in [0.1, 0.15) is 61.3 Å². The fourth-order valence-electron chi connectivity index (χ4n) is 4.72. The van der Waals surface area contributed by atoms with Crippen molar-refractivity contribution < 1.29 is 37.6 Å². The third kappa shape index (κ3) is 9.38. The van der Waals surface area contributed by atoms with Crippen LogP contribution in [0.15, 0.2) is 34.9 Å². The quantitative estimate of drug-likeness (QED) is 0.256. The number of hydrogen-bond acceptors (Lipinski definition) is 8. The molecule has 0 spiro atoms. The molecule has 1 aliphatic rings. The zero-order valence-electron chi connectivity index (χ0n) is 24.2. The molecular formula is C29H38FN5O7. The van der Waals surface area contributed by atoms with Crippen LogP contribution in [-0.4, -0.2) is 66.5 Å². The molecule has 1 saturated heterocycles. The number of nitrogens with one attached hydrogen (secondary N) is 4. The van der Waals surface area contributed by atoms with Gasteiger partial charge in [-0.3, -0.25) is 19.2 Å². The molecule has 2 heterocycles. The van der Waals surface area contributed by atoms with E-state index >= 15 is 0 Å². The van der Waals surface area contributed by atoms with E-state index in [0.717, 1.165) is 6.42 Å². The van der Waals surface area contributed by atoms with Crippen molar-refractivity contribution in [3.63, 3.8) is 0 Å². The molecule has 1 aromatic carbocycles. The molecule has 0 radical (unpaired) electrons. The maximum absolute atomic E-state index is 13.6. The number of hydrogen-bond donors (Lipinski definition) is 4. The number of ether oxygens (including phenoxy) is 1. The summed E-state index contributed by atoms with van der Waals surface area (Å²) in [4.78, 5) is 64.7. The first-order valence-corrected chi connectivity index (χ1v) is 13.9. The van der Waals surface area contributed by atoms with Crippen LogP contribution in [0.2, 0.25) is 0 Å². The molecule has 0 saturated carbocycles. The van der Waals surface area contributed by atoms with E-state index in [1.54, 1.807) is 6.92 Å². The first-order chi connectivity index (χ1) is 20.0. The van der Waals surface area contributed by atoms with Crippen molar-refractivity contribution in [2.45, 2.75) is 71.0 Å². The van der Waals surface area contributed by atoms with Gasteiger partial charge < -0.3 is 30.5 Å². The van der Waals surface area contributed by atoms with Crippen LogP contribution in [0, 0.1) is 24.6 Å². The Morgan fingerprint density at radius 2 is 1.74 bits per heavy atom. The number of rotatable bonds is 13. The lowest BCUT2D eigenvalue weighted by atomic mass is 9.91. The summed E-state index contributed by atoms with van der Waals surface area (Å²) in [6.07, 6.45) is 1.57. The molecule has 228 valence electrons. The lowest BCUT2D eigenvalue weighted by Gasteiger charge is -2.28. The van der Waals surface area contributed by atoms with Crippen molar-refractivity contribution in [2.24, 2.45) is 11.8 Å². The first-order valence-electron chi connectivity index (χ1n) is 13.9. The molecule has 13 heteroatoms. The maximum atomic E-state index is 13.6. The summed E-state index contributed by atoms with van der Waals surface area (Å²) < 4.78 is 23.3. The predicted molar refractivity (Wildman–Crippen MR) is 148 cm³/mol. The number of esters is 1. The topological polar surface area (TPSA) is 169 Å². The van der Waals surface area contributed by atoms with Crippen LogP contribution in [0.3, 0.4) is 0 Å². The van der Waals surface area contributed by atoms with Crippen LogP contribution in [0.5, 0.6) is 0 Å². The van der Waals surface area contributed by atoms with E-state index in [1.165, 1.54) is 37.4 Å². The highest BCUT2D eigenvalue weighted by Crippen LogP contribution is 2.19. The second kappa shape index (κ2) is 15.1. The van der Waals surface area contributed by atoms with Crippen molar-refractivity contribution in [3.8, 4) is 0 Å². The summed E-state index contributed by atoms with van der Waals surface area (Å²) in [5.74, 6) is -3.45. The minimum atomic E-state index is -1.16. The molecule has 1 aliphatic heterocycles. The SMILES string of the molecule is COC(=O)[C@H](C[C@@H]1CCCNC1=O)NC(=O)[C@H](CC(C)C)NC(=O)[C@H](Cc1ccc(F)cc1)NC(=O)c1cc(C)on1. The van der Waals surface area contributed by atoms with Crippen LogP contribution in [-0.2, 0) is 30.3 Å². The Labute approximate surface area is 243 Å². The highest BCUT2D eigenvalue weighted by molar-refractivity contribution is 5.97. The Bertz CT molecular complexity index is 1260. The number of piperidine rings is 1. The summed E-state index contributed by atoms with van der Waals surface area (Å²) >= 11 is 0. The van der Waals surface area contributed by atoms with Gasteiger partial charge in [0.2, 0.25) is 17.7 Å². The molecule has 1 fully saturated rings. The van der Waals surface area contributed by atoms with Gasteiger partial charge in [0.25, 0.3) is 5.91 Å². The third-order valence-corrected chi connectivity index (χ3v) is 6.90. The lowest BCUT2D eigenvalue weighted by molar-refractivity contribution is -0.146. The minimum Gasteiger partial charge on any atom is -0.467 e. The normalized spacial score (nSPS) is 17.0. The lowest BCUT2D eigenvalue weighted by Crippen LogP contribution is -2.57. The minimum absolute atomic E-state index is 0.00766. The molecule has 0 bridgehead atoms. The molecule has 0 unspecified atom stereocenters. The number of nitrogens with zero attached hydrogens (tertiary/aromatic N) is 1. The van der Waals surface area contributed by atoms with Crippen LogP contribution < -0.4 is 21.3 Å². The number of aromatic nitrogens is 1. The number of carbonyl (C=O) groups is 5. The second-order valence-corrected chi connectivity index (χ2v) is 10.8. The van der Waals surface area contributed by atoms with Gasteiger partial charge in [0.1, 0.15) is 29.7 Å². The van der Waals surface area contributed by atoms with Gasteiger partial charge in [0.05, 0.1) is 7.11 Å². The Kier molecular flexibility index (Phi) is 11.6. The Hall–Kier alpha value is -4.29. The van der Waals surface area contributed by atoms with Gasteiger partial charge >= 0.3 is 5.97 Å². The highest BCUT2D eigenvalue weighted by atomic mass is 19.1. The van der Waals surface area contributed by atoms with Gasteiger partial charge in [0.15, 0.2) is 5.69 Å². The maximum Gasteiger partial charge on any atom is 0.328 e. The van der Waals surface area contributed by atoms with Crippen molar-refractivity contribution >= 4 is 29.6 Å². The number of aryl methyl sites for hydroxylation is 1. The molecule has 2 aromatic rings. The van der Waals surface area contributed by atoms with Crippen LogP contribution >= 0.6 is 0 Å². The van der Waals surface area contributed by atoms with Gasteiger partial charge in [-0.25, -0.2) is 9.18 Å². The zero-order valence-corrected chi connectivity index (χ0v) is 24.2. The highest BCUT2D eigenvalue weighted by Gasteiger charge is 2.34. The van der Waals surface area contributed by atoms with E-state index < -0.39 is 53.6 Å². The van der Waals surface area contributed by atoms with Gasteiger partial charge in [-0.15, -0.1) is 0 Å². The summed E-state index contributed by atoms with van der Waals surface area (Å²) in [5.41, 5.74) is 0.531. The fraction of sp³-hybridized carbons (Fsp3) is 0.517. The smallest absolute Gasteiger partial charge is 0.328 e. The number of methoxy groups -OCH3 is 1. The van der Waals surface area contributed by atoms with E-state index in [9.17, 15) is 28.4 Å². The van der Waals surface area contributed by atoms with E-state index in [4.69, 9.17) is 9.26 Å². The van der Waals surface area contributed by atoms with Crippen molar-refractivity contribution in [1.29, 1.82) is 0 Å². The Morgan fingerprint density at radius 1 is 1.07 bits per heavy atom. The largest absolute Gasteiger partial charge is 0.467 e. The molecule has 4 N–H and O–H groups in total. The zero-order chi connectivity index (χ0) is 30.8. The van der Waals surface area contributed by atoms with Gasteiger partial charge in [-0.1, -0.05) is 31.1 Å². The van der Waals surface area contributed by atoms with Crippen LogP contribution in [0.4, 0.5) is 4.39 Å². The van der Waals surface area contributed by atoms with E-state index in [2.05, 4.69) is 26.4 Å². The molecule has 42 heavy (non-hydrogen) atoms. The third-order valence-electron chi connectivity index (χ3n) is 6.90. The van der Waals surface area contributed by atoms with E-state index in [-0.39, 0.29) is 36.8 Å². The van der Waals surface area contributed by atoms with Gasteiger partial charge in [-0.05, 0) is 56.2 Å². The number of carbonyl (C=O) groups excluding carboxylic acids is 5. The second-order valence-electron chi connectivity index (χ2n) is 10.8. The number of benzene rings is 1. The monoisotopic (exact) mass is 587 g/mol. The summed E-state index contributed by atoms with van der Waals surface area (Å²) in [6, 6.07) is 3.52. The molecule has 0 aliphatic carbocycles. The van der Waals surface area contributed by atoms with Crippen LogP contribution in [0.25, 0.3) is 0 Å². The number of halogens is 1. The first kappa shape index (κ1) is 32.2. The Balaban J connectivity index is 1.79. The summed E-state index contributed by atoms with van der Waals surface area (Å²) in [6.45, 7) is 5.89. The molecule has 12 nitrogen and oxygen atoms in total. The average molecular weight is 588 g/mol. The summed E-state index contributed by atoms with van der Waals surface area (Å²) in [7, 11) is 1.19. The van der Waals surface area contributed by atoms with Crippen molar-refractivity contribution in [1.82, 2.24) is 26.4 Å². The van der Waals surface area contributed by atoms with E-state index in [1.807, 2.05) is 13.8 Å². The molecule has 1 aromatic heterocycles. The Morgan fingerprint density at radius 3 is 2.33 bits per heavy atom. The van der Waals surface area contributed by atoms with Gasteiger partial charge in [0, 0.05) is 24.9 Å².